The highest BCUT2D eigenvalue weighted by atomic mass is 32.2. The molecule has 44 heavy (non-hydrogen) atoms. The van der Waals surface area contributed by atoms with Gasteiger partial charge in [0.15, 0.2) is 0 Å². The molecule has 5 N–H and O–H groups in total. The molecular formula is C31H40N4O7S2. The van der Waals surface area contributed by atoms with E-state index in [9.17, 15) is 21.9 Å². The van der Waals surface area contributed by atoms with Crippen molar-refractivity contribution in [3.8, 4) is 16.9 Å². The summed E-state index contributed by atoms with van der Waals surface area (Å²) in [4.78, 5) is 0.370. The van der Waals surface area contributed by atoms with Crippen molar-refractivity contribution in [3.63, 3.8) is 0 Å². The van der Waals surface area contributed by atoms with Gasteiger partial charge in [-0.2, -0.15) is 4.31 Å². The Balaban J connectivity index is 1.12. The summed E-state index contributed by atoms with van der Waals surface area (Å²) in [7, 11) is -5.98. The van der Waals surface area contributed by atoms with Crippen molar-refractivity contribution in [2.45, 2.75) is 53.3 Å². The lowest BCUT2D eigenvalue weighted by Crippen LogP contribution is -2.47. The minimum absolute atomic E-state index is 0.00845. The molecule has 0 amide bonds. The van der Waals surface area contributed by atoms with Gasteiger partial charge in [-0.15, -0.1) is 0 Å². The monoisotopic (exact) mass is 644 g/mol. The molecule has 3 aromatic carbocycles. The van der Waals surface area contributed by atoms with Crippen LogP contribution in [0.15, 0.2) is 82.6 Å². The number of aliphatic hydroxyl groups is 1. The molecule has 11 nitrogen and oxygen atoms in total. The molecule has 1 unspecified atom stereocenters. The highest BCUT2D eigenvalue weighted by Crippen LogP contribution is 2.38. The van der Waals surface area contributed by atoms with Gasteiger partial charge in [-0.1, -0.05) is 48.5 Å². The summed E-state index contributed by atoms with van der Waals surface area (Å²) in [6.07, 6.45) is 1.04. The number of hydrogen-bond acceptors (Lipinski definition) is 9. The van der Waals surface area contributed by atoms with Gasteiger partial charge in [0.1, 0.15) is 18.5 Å². The van der Waals surface area contributed by atoms with Crippen molar-refractivity contribution < 1.29 is 31.4 Å². The minimum atomic E-state index is -3.73. The maximum absolute atomic E-state index is 13.8. The molecule has 0 radical (unpaired) electrons. The molecular weight excluding hydrogens is 604 g/mol. The summed E-state index contributed by atoms with van der Waals surface area (Å²) in [5.41, 5.74) is 7.78. The van der Waals surface area contributed by atoms with E-state index in [1.54, 1.807) is 28.6 Å². The van der Waals surface area contributed by atoms with Gasteiger partial charge in [0.05, 0.1) is 22.0 Å². The second kappa shape index (κ2) is 13.6. The van der Waals surface area contributed by atoms with Gasteiger partial charge in [-0.25, -0.2) is 21.6 Å². The van der Waals surface area contributed by atoms with Crippen LogP contribution in [0.25, 0.3) is 11.1 Å². The van der Waals surface area contributed by atoms with Crippen molar-refractivity contribution >= 4 is 20.0 Å². The molecule has 2 saturated heterocycles. The molecule has 2 heterocycles. The molecule has 2 aliphatic rings. The minimum Gasteiger partial charge on any atom is -0.491 e. The van der Waals surface area contributed by atoms with Gasteiger partial charge in [-0.3, -0.25) is 0 Å². The Morgan fingerprint density at radius 2 is 1.77 bits per heavy atom. The van der Waals surface area contributed by atoms with E-state index in [1.165, 1.54) is 19.2 Å². The summed E-state index contributed by atoms with van der Waals surface area (Å²) in [5.74, 6) is 0.345. The number of nitrogens with one attached hydrogen (secondary N) is 2. The third-order valence-corrected chi connectivity index (χ3v) is 11.7. The number of benzene rings is 3. The summed E-state index contributed by atoms with van der Waals surface area (Å²) < 4.78 is 67.2. The van der Waals surface area contributed by atoms with E-state index in [0.29, 0.717) is 56.8 Å². The van der Waals surface area contributed by atoms with E-state index < -0.39 is 31.8 Å². The predicted molar refractivity (Wildman–Crippen MR) is 167 cm³/mol. The van der Waals surface area contributed by atoms with Crippen LogP contribution in [0.2, 0.25) is 0 Å². The highest BCUT2D eigenvalue weighted by molar-refractivity contribution is 7.89. The number of sulfonamides is 2. The number of nitrogens with two attached hydrogens (primary N) is 1. The first-order valence-electron chi connectivity index (χ1n) is 14.7. The van der Waals surface area contributed by atoms with Crippen LogP contribution in [0, 0.1) is 0 Å². The van der Waals surface area contributed by atoms with Crippen LogP contribution < -0.4 is 20.5 Å². The topological polar surface area (TPSA) is 160 Å². The van der Waals surface area contributed by atoms with Crippen molar-refractivity contribution in [1.82, 2.24) is 14.3 Å². The van der Waals surface area contributed by atoms with Crippen LogP contribution in [-0.4, -0.2) is 83.9 Å². The first kappa shape index (κ1) is 32.5. The zero-order chi connectivity index (χ0) is 31.4. The Morgan fingerprint density at radius 1 is 1.05 bits per heavy atom. The normalized spacial score (nSPS) is 19.7. The van der Waals surface area contributed by atoms with Gasteiger partial charge in [0, 0.05) is 43.9 Å². The lowest BCUT2D eigenvalue weighted by atomic mass is 9.88. The zero-order valence-corrected chi connectivity index (χ0v) is 26.3. The van der Waals surface area contributed by atoms with E-state index in [-0.39, 0.29) is 29.0 Å². The van der Waals surface area contributed by atoms with Gasteiger partial charge < -0.3 is 25.6 Å². The van der Waals surface area contributed by atoms with Crippen LogP contribution in [0.4, 0.5) is 0 Å². The average molecular weight is 645 g/mol. The quantitative estimate of drug-likeness (QED) is 0.231. The predicted octanol–water partition coefficient (Wildman–Crippen LogP) is 2.06. The van der Waals surface area contributed by atoms with Crippen molar-refractivity contribution in [1.29, 1.82) is 0 Å². The number of piperidine rings is 1. The van der Waals surface area contributed by atoms with Crippen molar-refractivity contribution in [3.05, 3.63) is 78.4 Å². The smallest absolute Gasteiger partial charge is 0.243 e. The first-order valence-corrected chi connectivity index (χ1v) is 17.6. The Kier molecular flexibility index (Phi) is 10.1. The van der Waals surface area contributed by atoms with Crippen molar-refractivity contribution in [2.24, 2.45) is 5.73 Å². The second-order valence-corrected chi connectivity index (χ2v) is 15.0. The van der Waals surface area contributed by atoms with Gasteiger partial charge >= 0.3 is 0 Å². The average Bonchev–Trinajstić information content (AvgIpc) is 3.45. The fourth-order valence-corrected chi connectivity index (χ4v) is 8.17. The van der Waals surface area contributed by atoms with Crippen LogP contribution in [0.5, 0.6) is 5.75 Å². The first-order chi connectivity index (χ1) is 21.0. The molecule has 0 bridgehead atoms. The molecule has 5 rings (SSSR count). The van der Waals surface area contributed by atoms with E-state index in [1.807, 2.05) is 36.4 Å². The lowest BCUT2D eigenvalue weighted by Gasteiger charge is -2.38. The van der Waals surface area contributed by atoms with Crippen LogP contribution >= 0.6 is 0 Å². The Bertz CT molecular complexity index is 1640. The van der Waals surface area contributed by atoms with Gasteiger partial charge in [0.25, 0.3) is 0 Å². The summed E-state index contributed by atoms with van der Waals surface area (Å²) in [5, 5.41) is 13.8. The molecule has 238 valence electrons. The molecule has 0 saturated carbocycles. The largest absolute Gasteiger partial charge is 0.491 e. The van der Waals surface area contributed by atoms with E-state index in [2.05, 4.69) is 10.0 Å². The number of nitrogens with zero attached hydrogens (tertiary/aromatic N) is 1. The number of aliphatic hydroxyl groups excluding tert-OH is 1. The third kappa shape index (κ3) is 7.32. The van der Waals surface area contributed by atoms with Crippen LogP contribution in [0.1, 0.15) is 24.8 Å². The SMILES string of the molecule is CNS(=O)(=O)c1cccc(OC[C@@H](O)CNC2COC3(CCN(S(=O)(=O)c4ccccc4-c4ccc(CN)cc4)CC3)C2)c1. The van der Waals surface area contributed by atoms with Gasteiger partial charge in [0.2, 0.25) is 20.0 Å². The van der Waals surface area contributed by atoms with Crippen LogP contribution in [-0.2, 0) is 31.3 Å². The maximum Gasteiger partial charge on any atom is 0.243 e. The third-order valence-electron chi connectivity index (χ3n) is 8.32. The molecule has 3 aromatic rings. The fourth-order valence-electron chi connectivity index (χ4n) is 5.75. The van der Waals surface area contributed by atoms with E-state index in [0.717, 1.165) is 11.1 Å². The molecule has 2 fully saturated rings. The Morgan fingerprint density at radius 3 is 2.48 bits per heavy atom. The lowest BCUT2D eigenvalue weighted by molar-refractivity contribution is -0.0312. The molecule has 13 heteroatoms. The maximum atomic E-state index is 13.8. The Hall–Kier alpha value is -2.88. The number of ether oxygens (including phenoxy) is 2. The van der Waals surface area contributed by atoms with Crippen LogP contribution in [0.3, 0.4) is 0 Å². The summed E-state index contributed by atoms with van der Waals surface area (Å²) in [6, 6.07) is 20.8. The summed E-state index contributed by atoms with van der Waals surface area (Å²) in [6.45, 7) is 1.85. The van der Waals surface area contributed by atoms with E-state index >= 15 is 0 Å². The highest BCUT2D eigenvalue weighted by Gasteiger charge is 2.45. The molecule has 0 aromatic heterocycles. The summed E-state index contributed by atoms with van der Waals surface area (Å²) >= 11 is 0. The zero-order valence-electron chi connectivity index (χ0n) is 24.7. The molecule has 2 aliphatic heterocycles. The van der Waals surface area contributed by atoms with E-state index in [4.69, 9.17) is 15.2 Å². The molecule has 1 spiro atoms. The Labute approximate surface area is 259 Å². The van der Waals surface area contributed by atoms with Gasteiger partial charge in [-0.05, 0) is 55.6 Å². The van der Waals surface area contributed by atoms with Crippen molar-refractivity contribution in [2.75, 3.05) is 39.9 Å². The fraction of sp³-hybridized carbons (Fsp3) is 0.419. The second-order valence-electron chi connectivity index (χ2n) is 11.3. The number of rotatable bonds is 12. The molecule has 2 atom stereocenters. The number of hydrogen-bond donors (Lipinski definition) is 4. The standard InChI is InChI=1S/C31H40N4O7S2/c1-33-43(37,38)28-6-4-5-27(17-28)41-22-26(36)20-34-25-18-31(42-21-25)13-15-35(16-14-31)44(39,40)30-8-3-2-7-29(30)24-11-9-23(19-32)10-12-24/h2-12,17,25-26,33-34,36H,13-16,18-22,32H2,1H3/t25?,26-/m0/s1. The molecule has 0 aliphatic carbocycles.